The molecule has 31 heavy (non-hydrogen) atoms. The van der Waals surface area contributed by atoms with Crippen molar-refractivity contribution in [2.45, 2.75) is 104 Å². The molecule has 1 aromatic carbocycles. The summed E-state index contributed by atoms with van der Waals surface area (Å²) in [6, 6.07) is 5.74. The molecule has 0 fully saturated rings. The molecule has 1 rings (SSSR count). The summed E-state index contributed by atoms with van der Waals surface area (Å²) in [5, 5.41) is 22.5. The van der Waals surface area contributed by atoms with Gasteiger partial charge in [0.2, 0.25) is 0 Å². The Bertz CT molecular complexity index is 603. The minimum absolute atomic E-state index is 0. The predicted octanol–water partition coefficient (Wildman–Crippen LogP) is 4.26. The molecule has 0 spiro atoms. The molecular formula is C26H47IN2O2. The first-order valence-electron chi connectivity index (χ1n) is 12.3. The predicted molar refractivity (Wildman–Crippen MR) is 128 cm³/mol. The van der Waals surface area contributed by atoms with Crippen LogP contribution in [-0.4, -0.2) is 40.6 Å². The number of halogens is 1. The second kappa shape index (κ2) is 17.7. The van der Waals surface area contributed by atoms with E-state index in [9.17, 15) is 5.11 Å². The molecule has 0 aliphatic carbocycles. The van der Waals surface area contributed by atoms with Crippen molar-refractivity contribution in [2.75, 3.05) is 20.1 Å². The highest BCUT2D eigenvalue weighted by molar-refractivity contribution is 6.00. The Labute approximate surface area is 208 Å². The summed E-state index contributed by atoms with van der Waals surface area (Å²) in [5.74, 6) is 0.176. The monoisotopic (exact) mass is 546 g/mol. The largest absolute Gasteiger partial charge is 1.00 e. The van der Waals surface area contributed by atoms with E-state index in [4.69, 9.17) is 5.21 Å². The van der Waals surface area contributed by atoms with Gasteiger partial charge in [0, 0.05) is 11.1 Å². The molecular weight excluding hydrogens is 499 g/mol. The molecule has 0 aliphatic rings. The average molecular weight is 547 g/mol. The minimum atomic E-state index is 0. The SMILES string of the molecule is CCCCCCCC[N+](C)(CCCCCCCC)Cc1ccc(O)c(/C(C)=N/O)c1.[I-]. The van der Waals surface area contributed by atoms with Gasteiger partial charge in [-0.05, 0) is 50.8 Å². The fourth-order valence-electron chi connectivity index (χ4n) is 4.28. The fraction of sp³-hybridized carbons (Fsp3) is 0.731. The van der Waals surface area contributed by atoms with E-state index in [2.05, 4.69) is 26.1 Å². The number of phenols is 1. The number of nitrogens with zero attached hydrogens (tertiary/aromatic N) is 2. The number of aromatic hydroxyl groups is 1. The normalized spacial score (nSPS) is 12.1. The summed E-state index contributed by atoms with van der Waals surface area (Å²) >= 11 is 0. The van der Waals surface area contributed by atoms with Crippen molar-refractivity contribution in [2.24, 2.45) is 5.16 Å². The maximum absolute atomic E-state index is 10.1. The van der Waals surface area contributed by atoms with Crippen LogP contribution in [0.4, 0.5) is 0 Å². The van der Waals surface area contributed by atoms with Crippen LogP contribution in [-0.2, 0) is 6.54 Å². The Balaban J connectivity index is 0.00000900. The van der Waals surface area contributed by atoms with Crippen LogP contribution in [0.25, 0.3) is 0 Å². The van der Waals surface area contributed by atoms with Gasteiger partial charge in [0.15, 0.2) is 0 Å². The summed E-state index contributed by atoms with van der Waals surface area (Å²) in [7, 11) is 2.39. The summed E-state index contributed by atoms with van der Waals surface area (Å²) < 4.78 is 1.04. The number of benzene rings is 1. The Morgan fingerprint density at radius 3 is 1.81 bits per heavy atom. The lowest BCUT2D eigenvalue weighted by atomic mass is 10.0. The molecule has 0 heterocycles. The van der Waals surface area contributed by atoms with E-state index in [1.54, 1.807) is 13.0 Å². The number of hydrogen-bond donors (Lipinski definition) is 2. The van der Waals surface area contributed by atoms with Crippen LogP contribution in [0.2, 0.25) is 0 Å². The van der Waals surface area contributed by atoms with E-state index in [0.717, 1.165) is 11.0 Å². The highest BCUT2D eigenvalue weighted by atomic mass is 127. The van der Waals surface area contributed by atoms with Crippen molar-refractivity contribution in [3.05, 3.63) is 29.3 Å². The lowest BCUT2D eigenvalue weighted by Gasteiger charge is -2.35. The Hall–Kier alpha value is -0.820. The Morgan fingerprint density at radius 2 is 1.32 bits per heavy atom. The van der Waals surface area contributed by atoms with Crippen molar-refractivity contribution < 1.29 is 38.8 Å². The highest BCUT2D eigenvalue weighted by Crippen LogP contribution is 2.23. The smallest absolute Gasteiger partial charge is 0.124 e. The van der Waals surface area contributed by atoms with Gasteiger partial charge in [-0.1, -0.05) is 70.4 Å². The van der Waals surface area contributed by atoms with Gasteiger partial charge in [0.1, 0.15) is 12.3 Å². The molecule has 0 radical (unpaired) electrons. The van der Waals surface area contributed by atoms with Gasteiger partial charge < -0.3 is 38.8 Å². The molecule has 180 valence electrons. The van der Waals surface area contributed by atoms with Crippen molar-refractivity contribution in [1.82, 2.24) is 0 Å². The third kappa shape index (κ3) is 12.7. The van der Waals surface area contributed by atoms with Crippen LogP contribution in [0.5, 0.6) is 5.75 Å². The van der Waals surface area contributed by atoms with Crippen molar-refractivity contribution in [1.29, 1.82) is 0 Å². The van der Waals surface area contributed by atoms with Crippen molar-refractivity contribution in [3.63, 3.8) is 0 Å². The number of rotatable bonds is 17. The summed E-state index contributed by atoms with van der Waals surface area (Å²) in [6.45, 7) is 9.61. The molecule has 2 N–H and O–H groups in total. The van der Waals surface area contributed by atoms with Gasteiger partial charge in [-0.3, -0.25) is 0 Å². The van der Waals surface area contributed by atoms with Crippen molar-refractivity contribution in [3.8, 4) is 5.75 Å². The number of phenolic OH excluding ortho intramolecular Hbond substituents is 1. The van der Waals surface area contributed by atoms with E-state index in [1.165, 1.54) is 95.7 Å². The molecule has 5 heteroatoms. The van der Waals surface area contributed by atoms with Gasteiger partial charge in [-0.15, -0.1) is 0 Å². The van der Waals surface area contributed by atoms with E-state index in [1.807, 2.05) is 12.1 Å². The third-order valence-corrected chi connectivity index (χ3v) is 6.27. The first kappa shape index (κ1) is 30.2. The first-order chi connectivity index (χ1) is 14.5. The summed E-state index contributed by atoms with van der Waals surface area (Å²) in [5.41, 5.74) is 2.28. The number of oxime groups is 1. The van der Waals surface area contributed by atoms with Crippen LogP contribution < -0.4 is 24.0 Å². The zero-order valence-corrected chi connectivity index (χ0v) is 22.7. The quantitative estimate of drug-likeness (QED) is 0.0767. The topological polar surface area (TPSA) is 52.8 Å². The lowest BCUT2D eigenvalue weighted by molar-refractivity contribution is -0.923. The zero-order chi connectivity index (χ0) is 22.2. The molecule has 0 atom stereocenters. The Kier molecular flexibility index (Phi) is 17.2. The second-order valence-electron chi connectivity index (χ2n) is 9.30. The van der Waals surface area contributed by atoms with Gasteiger partial charge in [0.25, 0.3) is 0 Å². The van der Waals surface area contributed by atoms with Crippen LogP contribution in [0.1, 0.15) is 109 Å². The van der Waals surface area contributed by atoms with Crippen LogP contribution >= 0.6 is 0 Å². The molecule has 0 aromatic heterocycles. The van der Waals surface area contributed by atoms with Gasteiger partial charge >= 0.3 is 0 Å². The molecule has 0 aliphatic heterocycles. The zero-order valence-electron chi connectivity index (χ0n) is 20.5. The summed E-state index contributed by atoms with van der Waals surface area (Å²) in [6.07, 6.45) is 15.9. The molecule has 0 saturated carbocycles. The molecule has 0 saturated heterocycles. The molecule has 0 bridgehead atoms. The maximum Gasteiger partial charge on any atom is 0.124 e. The van der Waals surface area contributed by atoms with E-state index in [-0.39, 0.29) is 29.7 Å². The van der Waals surface area contributed by atoms with Crippen LogP contribution in [0.3, 0.4) is 0 Å². The minimum Gasteiger partial charge on any atom is -1.00 e. The van der Waals surface area contributed by atoms with Crippen LogP contribution in [0.15, 0.2) is 23.4 Å². The molecule has 0 unspecified atom stereocenters. The summed E-state index contributed by atoms with van der Waals surface area (Å²) in [4.78, 5) is 0. The van der Waals surface area contributed by atoms with Crippen LogP contribution in [0, 0.1) is 0 Å². The van der Waals surface area contributed by atoms with Gasteiger partial charge in [-0.2, -0.15) is 0 Å². The highest BCUT2D eigenvalue weighted by Gasteiger charge is 2.22. The van der Waals surface area contributed by atoms with Gasteiger partial charge in [-0.25, -0.2) is 0 Å². The third-order valence-electron chi connectivity index (χ3n) is 6.27. The number of unbranched alkanes of at least 4 members (excludes halogenated alkanes) is 10. The fourth-order valence-corrected chi connectivity index (χ4v) is 4.28. The number of hydrogen-bond acceptors (Lipinski definition) is 3. The Morgan fingerprint density at radius 1 is 0.839 bits per heavy atom. The average Bonchev–Trinajstić information content (AvgIpc) is 2.74. The van der Waals surface area contributed by atoms with E-state index < -0.39 is 0 Å². The maximum atomic E-state index is 10.1. The first-order valence-corrected chi connectivity index (χ1v) is 12.3. The van der Waals surface area contributed by atoms with Crippen molar-refractivity contribution >= 4 is 5.71 Å². The molecule has 4 nitrogen and oxygen atoms in total. The van der Waals surface area contributed by atoms with Gasteiger partial charge in [0.05, 0.1) is 25.8 Å². The van der Waals surface area contributed by atoms with E-state index >= 15 is 0 Å². The standard InChI is InChI=1S/C26H46N2O2.HI/c1-5-7-9-11-13-15-19-28(4,20-16-14-12-10-8-6-2)22-24-17-18-26(29)25(21-24)23(3)27-30;/h17-18,21H,5-16,19-20,22H2,1-4H3,(H-,27,29,30);1H. The lowest BCUT2D eigenvalue weighted by Crippen LogP contribution is -3.00. The number of quaternary nitrogens is 1. The molecule has 0 amide bonds. The molecule has 1 aromatic rings. The second-order valence-corrected chi connectivity index (χ2v) is 9.30. The van der Waals surface area contributed by atoms with E-state index in [0.29, 0.717) is 11.3 Å².